The van der Waals surface area contributed by atoms with Gasteiger partial charge in [0.25, 0.3) is 0 Å². The molecule has 0 amide bonds. The quantitative estimate of drug-likeness (QED) is 0.155. The van der Waals surface area contributed by atoms with E-state index in [0.717, 1.165) is 5.69 Å². The van der Waals surface area contributed by atoms with Crippen molar-refractivity contribution in [1.82, 2.24) is 0 Å². The van der Waals surface area contributed by atoms with Crippen molar-refractivity contribution in [2.45, 2.75) is 0 Å². The first-order valence-corrected chi connectivity index (χ1v) is 22.4. The van der Waals surface area contributed by atoms with E-state index in [9.17, 15) is 0 Å². The number of benzene rings is 10. The van der Waals surface area contributed by atoms with E-state index in [0.29, 0.717) is 0 Å². The predicted molar refractivity (Wildman–Crippen MR) is 266 cm³/mol. The first kappa shape index (κ1) is 35.6. The molecular weight excluding hydrogens is 775 g/mol. The molecule has 0 N–H and O–H groups in total. The van der Waals surface area contributed by atoms with Crippen LogP contribution in [-0.2, 0) is 0 Å². The van der Waals surface area contributed by atoms with Gasteiger partial charge >= 0.3 is 0 Å². The first-order chi connectivity index (χ1) is 30.2. The Morgan fingerprint density at radius 3 is 1.67 bits per heavy atom. The van der Waals surface area contributed by atoms with E-state index in [4.69, 9.17) is 0 Å². The fourth-order valence-corrected chi connectivity index (χ4v) is 11.6. The molecule has 0 saturated carbocycles. The number of rotatable bonds is 7. The van der Waals surface area contributed by atoms with Crippen molar-refractivity contribution in [2.24, 2.45) is 0 Å². The molecule has 0 atom stereocenters. The molecule has 0 aliphatic heterocycles. The van der Waals surface area contributed by atoms with E-state index in [2.05, 4.69) is 229 Å². The smallest absolute Gasteiger partial charge is 0.0640 e. The van der Waals surface area contributed by atoms with E-state index >= 15 is 0 Å². The van der Waals surface area contributed by atoms with E-state index in [-0.39, 0.29) is 0 Å². The Kier molecular flexibility index (Phi) is 8.62. The molecule has 10 aromatic carbocycles. The summed E-state index contributed by atoms with van der Waals surface area (Å²) in [5.74, 6) is 0. The summed E-state index contributed by atoms with van der Waals surface area (Å²) < 4.78 is 5.15. The molecule has 0 spiro atoms. The lowest BCUT2D eigenvalue weighted by Gasteiger charge is -2.28. The number of fused-ring (bicyclic) bond motifs is 7. The van der Waals surface area contributed by atoms with Crippen LogP contribution in [0.2, 0.25) is 0 Å². The number of hydrogen-bond donors (Lipinski definition) is 0. The number of thiophene rings is 2. The van der Waals surface area contributed by atoms with E-state index in [1.165, 1.54) is 107 Å². The molecule has 286 valence electrons. The van der Waals surface area contributed by atoms with Crippen LogP contribution in [-0.4, -0.2) is 0 Å². The summed E-state index contributed by atoms with van der Waals surface area (Å²) in [6.45, 7) is 0. The van der Waals surface area contributed by atoms with Crippen LogP contribution in [0.3, 0.4) is 0 Å². The molecule has 0 bridgehead atoms. The summed E-state index contributed by atoms with van der Waals surface area (Å²) in [6.07, 6.45) is 0. The van der Waals surface area contributed by atoms with Crippen molar-refractivity contribution in [3.8, 4) is 44.5 Å². The molecule has 0 radical (unpaired) electrons. The highest BCUT2D eigenvalue weighted by Crippen LogP contribution is 2.51. The second kappa shape index (κ2) is 14.8. The summed E-state index contributed by atoms with van der Waals surface area (Å²) in [6, 6.07) is 82.3. The lowest BCUT2D eigenvalue weighted by atomic mass is 9.96. The highest BCUT2D eigenvalue weighted by Gasteiger charge is 2.23. The Balaban J connectivity index is 1.03. The highest BCUT2D eigenvalue weighted by molar-refractivity contribution is 7.27. The van der Waals surface area contributed by atoms with Crippen molar-refractivity contribution in [3.05, 3.63) is 224 Å². The van der Waals surface area contributed by atoms with Crippen LogP contribution < -0.4 is 4.90 Å². The lowest BCUT2D eigenvalue weighted by molar-refractivity contribution is 1.32. The molecule has 0 aliphatic carbocycles. The Bertz CT molecular complexity index is 3560. The molecule has 0 unspecified atom stereocenters. The van der Waals surface area contributed by atoms with Crippen molar-refractivity contribution in [1.29, 1.82) is 0 Å². The van der Waals surface area contributed by atoms with Gasteiger partial charge in [0.1, 0.15) is 0 Å². The van der Waals surface area contributed by atoms with Gasteiger partial charge in [-0.1, -0.05) is 188 Å². The average Bonchev–Trinajstić information content (AvgIpc) is 3.92. The molecule has 1 nitrogen and oxygen atoms in total. The van der Waals surface area contributed by atoms with Crippen LogP contribution in [0.25, 0.3) is 95.6 Å². The Morgan fingerprint density at radius 1 is 0.295 bits per heavy atom. The van der Waals surface area contributed by atoms with Gasteiger partial charge in [-0.25, -0.2) is 0 Å². The van der Waals surface area contributed by atoms with Gasteiger partial charge in [0.05, 0.1) is 16.1 Å². The van der Waals surface area contributed by atoms with Gasteiger partial charge < -0.3 is 4.90 Å². The predicted octanol–water partition coefficient (Wildman–Crippen LogP) is 17.7. The van der Waals surface area contributed by atoms with E-state index in [1.807, 2.05) is 22.7 Å². The van der Waals surface area contributed by atoms with Crippen LogP contribution in [0, 0.1) is 0 Å². The normalized spacial score (nSPS) is 11.6. The highest BCUT2D eigenvalue weighted by atomic mass is 32.1. The third-order valence-corrected chi connectivity index (χ3v) is 14.5. The second-order valence-electron chi connectivity index (χ2n) is 15.6. The van der Waals surface area contributed by atoms with Crippen LogP contribution in [0.4, 0.5) is 17.1 Å². The van der Waals surface area contributed by atoms with Crippen LogP contribution >= 0.6 is 22.7 Å². The Hall–Kier alpha value is -7.30. The minimum absolute atomic E-state index is 1.12. The monoisotopic (exact) mass is 811 g/mol. The van der Waals surface area contributed by atoms with E-state index in [1.54, 1.807) is 0 Å². The summed E-state index contributed by atoms with van der Waals surface area (Å²) in [5, 5.41) is 7.65. The molecule has 3 heteroatoms. The second-order valence-corrected chi connectivity index (χ2v) is 17.7. The van der Waals surface area contributed by atoms with E-state index < -0.39 is 0 Å². The summed E-state index contributed by atoms with van der Waals surface area (Å²) in [7, 11) is 0. The number of nitrogens with zero attached hydrogens (tertiary/aromatic N) is 1. The summed E-state index contributed by atoms with van der Waals surface area (Å²) >= 11 is 3.77. The van der Waals surface area contributed by atoms with Gasteiger partial charge in [0.15, 0.2) is 0 Å². The van der Waals surface area contributed by atoms with Crippen molar-refractivity contribution in [3.63, 3.8) is 0 Å². The van der Waals surface area contributed by atoms with Gasteiger partial charge in [-0.15, -0.1) is 22.7 Å². The lowest BCUT2D eigenvalue weighted by Crippen LogP contribution is -2.10. The van der Waals surface area contributed by atoms with Crippen molar-refractivity contribution >= 4 is 90.9 Å². The molecule has 12 rings (SSSR count). The molecule has 0 saturated heterocycles. The third-order valence-electron chi connectivity index (χ3n) is 12.1. The Morgan fingerprint density at radius 2 is 0.869 bits per heavy atom. The molecule has 2 aromatic heterocycles. The average molecular weight is 812 g/mol. The van der Waals surface area contributed by atoms with Gasteiger partial charge in [-0.2, -0.15) is 0 Å². The molecule has 12 aromatic rings. The fourth-order valence-electron chi connectivity index (χ4n) is 9.14. The minimum Gasteiger partial charge on any atom is -0.308 e. The van der Waals surface area contributed by atoms with Gasteiger partial charge in [-0.05, 0) is 91.7 Å². The van der Waals surface area contributed by atoms with Gasteiger partial charge in [0, 0.05) is 41.3 Å². The van der Waals surface area contributed by atoms with Crippen LogP contribution in [0.1, 0.15) is 0 Å². The summed E-state index contributed by atoms with van der Waals surface area (Å²) in [4.78, 5) is 2.51. The van der Waals surface area contributed by atoms with Crippen LogP contribution in [0.15, 0.2) is 224 Å². The SMILES string of the molecule is c1ccc(-c2ccc3c(c2)sc2c(N(c4ccc(-c5ccc(-c6cccc7ccccc67)cc5)cc4)c4ccc(-c5ccccc5)c5sc6ccccc6c45)cccc23)cc1. The first-order valence-electron chi connectivity index (χ1n) is 20.7. The zero-order chi connectivity index (χ0) is 40.3. The fraction of sp³-hybridized carbons (Fsp3) is 0. The standard InChI is InChI=1S/C58H37NS2/c1-3-13-38(14-4-1)44-31-34-49-50-22-12-23-53(57(50)61-55(49)37-44)59(52-36-35-48(42-15-5-2-6-16-42)58-56(52)51-20-9-10-24-54(51)60-58)45-32-29-40(30-33-45)39-25-27-43(28-26-39)47-21-11-18-41-17-7-8-19-46(41)47/h1-37H. The zero-order valence-electron chi connectivity index (χ0n) is 33.1. The zero-order valence-corrected chi connectivity index (χ0v) is 34.8. The Labute approximate surface area is 362 Å². The number of anilines is 3. The largest absolute Gasteiger partial charge is 0.308 e. The maximum absolute atomic E-state index is 2.51. The molecule has 0 fully saturated rings. The van der Waals surface area contributed by atoms with Gasteiger partial charge in [0.2, 0.25) is 0 Å². The summed E-state index contributed by atoms with van der Waals surface area (Å²) in [5.41, 5.74) is 13.3. The van der Waals surface area contributed by atoms with Gasteiger partial charge in [-0.3, -0.25) is 0 Å². The maximum atomic E-state index is 2.51. The van der Waals surface area contributed by atoms with Crippen LogP contribution in [0.5, 0.6) is 0 Å². The van der Waals surface area contributed by atoms with Crippen molar-refractivity contribution < 1.29 is 0 Å². The minimum atomic E-state index is 1.12. The molecule has 0 aliphatic rings. The molecular formula is C58H37NS2. The maximum Gasteiger partial charge on any atom is 0.0640 e. The number of hydrogen-bond acceptors (Lipinski definition) is 3. The topological polar surface area (TPSA) is 3.24 Å². The molecule has 61 heavy (non-hydrogen) atoms. The van der Waals surface area contributed by atoms with Crippen molar-refractivity contribution in [2.75, 3.05) is 4.90 Å². The molecule has 2 heterocycles. The third kappa shape index (κ3) is 6.13.